The Bertz CT molecular complexity index is 1470. The maximum atomic E-state index is 12.4. The van der Waals surface area contributed by atoms with Gasteiger partial charge in [0.1, 0.15) is 17.1 Å². The number of pyridine rings is 1. The molecule has 7 nitrogen and oxygen atoms in total. The van der Waals surface area contributed by atoms with Crippen molar-refractivity contribution in [1.82, 2.24) is 20.0 Å². The van der Waals surface area contributed by atoms with Crippen LogP contribution in [0.1, 0.15) is 30.5 Å². The summed E-state index contributed by atoms with van der Waals surface area (Å²) in [5.41, 5.74) is 6.51. The Morgan fingerprint density at radius 3 is 2.89 bits per heavy atom. The van der Waals surface area contributed by atoms with E-state index in [4.69, 9.17) is 0 Å². The molecule has 1 aliphatic carbocycles. The number of nitrogens with zero attached hydrogens (tertiary/aromatic N) is 5. The van der Waals surface area contributed by atoms with Gasteiger partial charge in [-0.2, -0.15) is 5.10 Å². The number of fused-ring (bicyclic) bond motifs is 3. The Hall–Kier alpha value is -4.21. The van der Waals surface area contributed by atoms with E-state index >= 15 is 0 Å². The third kappa shape index (κ3) is 4.86. The summed E-state index contributed by atoms with van der Waals surface area (Å²) >= 11 is 0. The standard InChI is InChI=1S/C25H21F3N6O/c1-2-17-4-3-13-29-24(17)32-30-15-16-5-11-21-18(14-16)6-12-22-23(21)31-33-34(22)19-7-9-20(10-8-19)35-25(26,27)28/h3-7,9-15,19H,2,8H2,1H3,(H,29,32)/b30-15+. The van der Waals surface area contributed by atoms with Gasteiger partial charge in [-0.05, 0) is 59.7 Å². The predicted octanol–water partition coefficient (Wildman–Crippen LogP) is 5.91. The second-order valence-electron chi connectivity index (χ2n) is 8.00. The molecule has 0 fully saturated rings. The van der Waals surface area contributed by atoms with Crippen molar-refractivity contribution in [1.29, 1.82) is 0 Å². The molecule has 0 aliphatic heterocycles. The molecule has 10 heteroatoms. The number of hydrogen-bond donors (Lipinski definition) is 1. The zero-order valence-electron chi connectivity index (χ0n) is 18.7. The summed E-state index contributed by atoms with van der Waals surface area (Å²) in [5, 5.41) is 14.8. The highest BCUT2D eigenvalue weighted by Gasteiger charge is 2.32. The SMILES string of the molecule is CCc1cccnc1N/N=C/c1ccc2c(ccc3c2nnn3C2C=CC(OC(F)(F)F)=CC2)c1. The highest BCUT2D eigenvalue weighted by Crippen LogP contribution is 2.30. The Kier molecular flexibility index (Phi) is 5.94. The number of benzene rings is 2. The third-order valence-electron chi connectivity index (χ3n) is 5.73. The van der Waals surface area contributed by atoms with E-state index in [2.05, 4.69) is 37.5 Å². The van der Waals surface area contributed by atoms with E-state index in [9.17, 15) is 13.2 Å². The highest BCUT2D eigenvalue weighted by atomic mass is 19.4. The van der Waals surface area contributed by atoms with Crippen molar-refractivity contribution >= 4 is 33.8 Å². The number of nitrogens with one attached hydrogen (secondary N) is 1. The van der Waals surface area contributed by atoms with Gasteiger partial charge in [-0.15, -0.1) is 18.3 Å². The lowest BCUT2D eigenvalue weighted by atomic mass is 10.0. The molecule has 4 aromatic rings. The minimum atomic E-state index is -4.71. The fraction of sp³-hybridized carbons (Fsp3) is 0.200. The smallest absolute Gasteiger partial charge is 0.406 e. The van der Waals surface area contributed by atoms with Crippen LogP contribution in [0.15, 0.2) is 77.8 Å². The van der Waals surface area contributed by atoms with Crippen LogP contribution in [0.3, 0.4) is 0 Å². The maximum Gasteiger partial charge on any atom is 0.573 e. The van der Waals surface area contributed by atoms with E-state index in [1.165, 1.54) is 12.2 Å². The zero-order chi connectivity index (χ0) is 24.4. The zero-order valence-corrected chi connectivity index (χ0v) is 18.7. The first-order chi connectivity index (χ1) is 16.9. The quantitative estimate of drug-likeness (QED) is 0.275. The number of hydrogen-bond acceptors (Lipinski definition) is 6. The fourth-order valence-corrected chi connectivity index (χ4v) is 4.05. The van der Waals surface area contributed by atoms with Crippen LogP contribution in [0.4, 0.5) is 19.0 Å². The number of aromatic nitrogens is 4. The maximum absolute atomic E-state index is 12.4. The molecule has 2 aromatic carbocycles. The summed E-state index contributed by atoms with van der Waals surface area (Å²) < 4.78 is 43.0. The van der Waals surface area contributed by atoms with Gasteiger partial charge < -0.3 is 4.74 Å². The molecule has 1 atom stereocenters. The van der Waals surface area contributed by atoms with E-state index in [-0.39, 0.29) is 11.8 Å². The van der Waals surface area contributed by atoms with E-state index in [0.29, 0.717) is 6.42 Å². The number of hydrazone groups is 1. The molecule has 2 aromatic heterocycles. The van der Waals surface area contributed by atoms with Crippen LogP contribution < -0.4 is 5.43 Å². The van der Waals surface area contributed by atoms with Crippen molar-refractivity contribution in [3.8, 4) is 0 Å². The van der Waals surface area contributed by atoms with Gasteiger partial charge >= 0.3 is 6.36 Å². The Labute approximate surface area is 198 Å². The molecule has 178 valence electrons. The van der Waals surface area contributed by atoms with Gasteiger partial charge in [0.15, 0.2) is 0 Å². The molecule has 1 unspecified atom stereocenters. The van der Waals surface area contributed by atoms with E-state index in [1.807, 2.05) is 42.5 Å². The molecule has 35 heavy (non-hydrogen) atoms. The first-order valence-corrected chi connectivity index (χ1v) is 11.1. The van der Waals surface area contributed by atoms with Crippen LogP contribution in [0.25, 0.3) is 21.8 Å². The number of aryl methyl sites for hydroxylation is 1. The largest absolute Gasteiger partial charge is 0.573 e. The number of alkyl halides is 3. The average molecular weight is 478 g/mol. The average Bonchev–Trinajstić information content (AvgIpc) is 3.28. The molecule has 0 bridgehead atoms. The van der Waals surface area contributed by atoms with Crippen molar-refractivity contribution in [2.45, 2.75) is 32.2 Å². The van der Waals surface area contributed by atoms with Crippen LogP contribution in [-0.4, -0.2) is 32.6 Å². The highest BCUT2D eigenvalue weighted by molar-refractivity contribution is 6.05. The predicted molar refractivity (Wildman–Crippen MR) is 128 cm³/mol. The molecular formula is C25H21F3N6O. The molecule has 1 aliphatic rings. The molecule has 0 saturated carbocycles. The van der Waals surface area contributed by atoms with Crippen molar-refractivity contribution in [3.63, 3.8) is 0 Å². The lowest BCUT2D eigenvalue weighted by Gasteiger charge is -2.18. The van der Waals surface area contributed by atoms with Gasteiger partial charge in [0.2, 0.25) is 0 Å². The Balaban J connectivity index is 1.35. The number of anilines is 1. The number of allylic oxidation sites excluding steroid dienone is 3. The number of ether oxygens (including phenoxy) is 1. The van der Waals surface area contributed by atoms with Gasteiger partial charge in [-0.1, -0.05) is 42.5 Å². The van der Waals surface area contributed by atoms with E-state index < -0.39 is 6.36 Å². The van der Waals surface area contributed by atoms with Crippen LogP contribution in [0.5, 0.6) is 0 Å². The molecule has 0 amide bonds. The summed E-state index contributed by atoms with van der Waals surface area (Å²) in [5.74, 6) is 0.510. The van der Waals surface area contributed by atoms with Crippen LogP contribution in [-0.2, 0) is 11.2 Å². The topological polar surface area (TPSA) is 77.2 Å². The Morgan fingerprint density at radius 2 is 2.11 bits per heavy atom. The van der Waals surface area contributed by atoms with Crippen molar-refractivity contribution in [2.75, 3.05) is 5.43 Å². The van der Waals surface area contributed by atoms with Crippen LogP contribution in [0, 0.1) is 0 Å². The first-order valence-electron chi connectivity index (χ1n) is 11.1. The molecule has 1 N–H and O–H groups in total. The summed E-state index contributed by atoms with van der Waals surface area (Å²) in [6.45, 7) is 2.06. The van der Waals surface area contributed by atoms with Crippen LogP contribution in [0.2, 0.25) is 0 Å². The molecule has 0 radical (unpaired) electrons. The second-order valence-corrected chi connectivity index (χ2v) is 8.00. The van der Waals surface area contributed by atoms with Crippen molar-refractivity contribution in [3.05, 3.63) is 83.8 Å². The normalized spacial score (nSPS) is 16.2. The third-order valence-corrected chi connectivity index (χ3v) is 5.73. The van der Waals surface area contributed by atoms with Gasteiger partial charge in [0.05, 0.1) is 17.8 Å². The lowest BCUT2D eigenvalue weighted by molar-refractivity contribution is -0.303. The molecular weight excluding hydrogens is 457 g/mol. The van der Waals surface area contributed by atoms with Gasteiger partial charge in [-0.3, -0.25) is 5.43 Å². The molecule has 2 heterocycles. The number of halogens is 3. The number of rotatable bonds is 6. The Morgan fingerprint density at radius 1 is 1.23 bits per heavy atom. The second kappa shape index (κ2) is 9.21. The van der Waals surface area contributed by atoms with Gasteiger partial charge in [0, 0.05) is 11.6 Å². The summed E-state index contributed by atoms with van der Waals surface area (Å²) in [4.78, 5) is 4.32. The van der Waals surface area contributed by atoms with E-state index in [1.54, 1.807) is 23.2 Å². The summed E-state index contributed by atoms with van der Waals surface area (Å²) in [7, 11) is 0. The van der Waals surface area contributed by atoms with Crippen molar-refractivity contribution in [2.24, 2.45) is 5.10 Å². The molecule has 0 spiro atoms. The summed E-state index contributed by atoms with van der Waals surface area (Å²) in [6, 6.07) is 13.4. The van der Waals surface area contributed by atoms with Gasteiger partial charge in [0.25, 0.3) is 0 Å². The van der Waals surface area contributed by atoms with Gasteiger partial charge in [-0.25, -0.2) is 9.67 Å². The molecule has 0 saturated heterocycles. The first kappa shape index (κ1) is 22.6. The minimum absolute atomic E-state index is 0.221. The summed E-state index contributed by atoms with van der Waals surface area (Å²) in [6.07, 6.45) is 4.26. The van der Waals surface area contributed by atoms with Crippen molar-refractivity contribution < 1.29 is 17.9 Å². The van der Waals surface area contributed by atoms with Crippen LogP contribution >= 0.6 is 0 Å². The molecule has 5 rings (SSSR count). The monoisotopic (exact) mass is 478 g/mol. The minimum Gasteiger partial charge on any atom is -0.406 e. The fourth-order valence-electron chi connectivity index (χ4n) is 4.05. The lowest BCUT2D eigenvalue weighted by Crippen LogP contribution is -2.15. The van der Waals surface area contributed by atoms with E-state index in [0.717, 1.165) is 45.2 Å².